The number of carbonyl (C=O) groups is 2. The molecule has 0 saturated carbocycles. The molecule has 2 N–H and O–H groups in total. The molecular weight excluding hydrogens is 428 g/mol. The molecule has 9 nitrogen and oxygen atoms in total. The van der Waals surface area contributed by atoms with Crippen molar-refractivity contribution in [1.29, 1.82) is 0 Å². The molecule has 0 spiro atoms. The van der Waals surface area contributed by atoms with E-state index in [1.54, 1.807) is 32.5 Å². The number of nitrogens with one attached hydrogen (secondary N) is 1. The molecule has 0 aliphatic heterocycles. The molecule has 0 unspecified atom stereocenters. The summed E-state index contributed by atoms with van der Waals surface area (Å²) < 4.78 is 21.6. The van der Waals surface area contributed by atoms with Crippen LogP contribution in [0.2, 0.25) is 0 Å². The predicted octanol–water partition coefficient (Wildman–Crippen LogP) is 3.44. The van der Waals surface area contributed by atoms with Gasteiger partial charge in [-0.1, -0.05) is 0 Å². The fourth-order valence-corrected chi connectivity index (χ4v) is 3.39. The average molecular weight is 452 g/mol. The van der Waals surface area contributed by atoms with Gasteiger partial charge in [-0.05, 0) is 35.2 Å². The maximum atomic E-state index is 12.3. The Balaban J connectivity index is 2.09. The van der Waals surface area contributed by atoms with Crippen molar-refractivity contribution >= 4 is 28.3 Å². The second-order valence-electron chi connectivity index (χ2n) is 6.89. The van der Waals surface area contributed by atoms with E-state index in [2.05, 4.69) is 10.3 Å². The summed E-state index contributed by atoms with van der Waals surface area (Å²) in [6.45, 7) is 0. The number of hydrogen-bond donors (Lipinski definition) is 2. The van der Waals surface area contributed by atoms with Crippen molar-refractivity contribution in [3.8, 4) is 23.0 Å². The standard InChI is InChI=1S/C24H24N2O7/c1-30-19-10-14-7-8-25-18(16(14)12-21(19)32-3)9-15-11-20(31-2)22(33-4)13-17(15)26-23(27)5-6-24(28)29/h5-8,10-13H,9H2,1-4H3,(H,26,27)(H,28,29)/b6-5+. The molecule has 0 fully saturated rings. The van der Waals surface area contributed by atoms with Crippen LogP contribution in [0.1, 0.15) is 11.3 Å². The van der Waals surface area contributed by atoms with Crippen molar-refractivity contribution in [2.24, 2.45) is 0 Å². The summed E-state index contributed by atoms with van der Waals surface area (Å²) >= 11 is 0. The van der Waals surface area contributed by atoms with Crippen molar-refractivity contribution in [3.63, 3.8) is 0 Å². The molecule has 0 aliphatic rings. The Morgan fingerprint density at radius 1 is 0.909 bits per heavy atom. The van der Waals surface area contributed by atoms with Gasteiger partial charge in [0.05, 0.1) is 34.1 Å². The number of carbonyl (C=O) groups excluding carboxylic acids is 1. The van der Waals surface area contributed by atoms with Crippen molar-refractivity contribution in [1.82, 2.24) is 4.98 Å². The number of ether oxygens (including phenoxy) is 4. The molecule has 0 aliphatic carbocycles. The Labute approximate surface area is 190 Å². The smallest absolute Gasteiger partial charge is 0.328 e. The topological polar surface area (TPSA) is 116 Å². The molecule has 0 bridgehead atoms. The molecule has 0 atom stereocenters. The van der Waals surface area contributed by atoms with Crippen LogP contribution in [0.25, 0.3) is 10.8 Å². The van der Waals surface area contributed by atoms with Crippen LogP contribution < -0.4 is 24.3 Å². The minimum atomic E-state index is -1.22. The van der Waals surface area contributed by atoms with E-state index in [1.165, 1.54) is 14.2 Å². The first kappa shape index (κ1) is 23.4. The Morgan fingerprint density at radius 3 is 2.15 bits per heavy atom. The summed E-state index contributed by atoms with van der Waals surface area (Å²) in [4.78, 5) is 27.5. The van der Waals surface area contributed by atoms with Gasteiger partial charge in [0, 0.05) is 41.9 Å². The van der Waals surface area contributed by atoms with Gasteiger partial charge >= 0.3 is 5.97 Å². The van der Waals surface area contributed by atoms with Gasteiger partial charge in [-0.2, -0.15) is 0 Å². The Hall–Kier alpha value is -4.27. The first-order valence-electron chi connectivity index (χ1n) is 9.86. The van der Waals surface area contributed by atoms with Crippen LogP contribution in [0.15, 0.2) is 48.7 Å². The molecule has 172 valence electrons. The van der Waals surface area contributed by atoms with Gasteiger partial charge in [0.2, 0.25) is 5.91 Å². The van der Waals surface area contributed by atoms with Gasteiger partial charge in [0.25, 0.3) is 0 Å². The summed E-state index contributed by atoms with van der Waals surface area (Å²) in [6, 6.07) is 8.96. The average Bonchev–Trinajstić information content (AvgIpc) is 2.82. The number of rotatable bonds is 9. The summed E-state index contributed by atoms with van der Waals surface area (Å²) in [7, 11) is 6.14. The highest BCUT2D eigenvalue weighted by atomic mass is 16.5. The van der Waals surface area contributed by atoms with Gasteiger partial charge in [0.15, 0.2) is 23.0 Å². The number of methoxy groups -OCH3 is 4. The van der Waals surface area contributed by atoms with Gasteiger partial charge in [0.1, 0.15) is 0 Å². The molecule has 1 aromatic heterocycles. The predicted molar refractivity (Wildman–Crippen MR) is 123 cm³/mol. The fraction of sp³-hybridized carbons (Fsp3) is 0.208. The van der Waals surface area contributed by atoms with Gasteiger partial charge in [-0.25, -0.2) is 4.79 Å². The zero-order valence-corrected chi connectivity index (χ0v) is 18.7. The lowest BCUT2D eigenvalue weighted by Gasteiger charge is -2.16. The van der Waals surface area contributed by atoms with Crippen molar-refractivity contribution < 1.29 is 33.6 Å². The van der Waals surface area contributed by atoms with Crippen molar-refractivity contribution in [3.05, 3.63) is 59.9 Å². The Morgan fingerprint density at radius 2 is 1.52 bits per heavy atom. The number of benzene rings is 2. The molecule has 3 rings (SSSR count). The van der Waals surface area contributed by atoms with E-state index in [-0.39, 0.29) is 0 Å². The van der Waals surface area contributed by atoms with Crippen molar-refractivity contribution in [2.45, 2.75) is 6.42 Å². The molecule has 1 amide bonds. The van der Waals surface area contributed by atoms with E-state index in [0.29, 0.717) is 40.7 Å². The number of carboxylic acid groups (broad SMARTS) is 1. The molecule has 2 aromatic carbocycles. The first-order chi connectivity index (χ1) is 15.9. The van der Waals surface area contributed by atoms with E-state index in [1.807, 2.05) is 18.2 Å². The highest BCUT2D eigenvalue weighted by Crippen LogP contribution is 2.37. The molecule has 1 heterocycles. The molecule has 33 heavy (non-hydrogen) atoms. The minimum absolute atomic E-state index is 0.339. The first-order valence-corrected chi connectivity index (χ1v) is 9.86. The van der Waals surface area contributed by atoms with Crippen LogP contribution in [0.3, 0.4) is 0 Å². The van der Waals surface area contributed by atoms with Crippen LogP contribution in [0.5, 0.6) is 23.0 Å². The number of aromatic nitrogens is 1. The van der Waals surface area contributed by atoms with Crippen molar-refractivity contribution in [2.75, 3.05) is 33.8 Å². The van der Waals surface area contributed by atoms with Crippen LogP contribution in [-0.2, 0) is 16.0 Å². The summed E-state index contributed by atoms with van der Waals surface area (Å²) in [5.74, 6) is 0.248. The largest absolute Gasteiger partial charge is 0.493 e. The highest BCUT2D eigenvalue weighted by molar-refractivity contribution is 6.03. The van der Waals surface area contributed by atoms with E-state index in [0.717, 1.165) is 28.6 Å². The molecule has 0 saturated heterocycles. The van der Waals surface area contributed by atoms with Gasteiger partial charge < -0.3 is 29.4 Å². The number of amides is 1. The molecule has 9 heteroatoms. The molecule has 0 radical (unpaired) electrons. The third kappa shape index (κ3) is 5.32. The Bertz CT molecular complexity index is 1220. The lowest BCUT2D eigenvalue weighted by Crippen LogP contribution is -2.11. The normalized spacial score (nSPS) is 10.8. The van der Waals surface area contributed by atoms with Crippen LogP contribution in [0.4, 0.5) is 5.69 Å². The van der Waals surface area contributed by atoms with E-state index in [4.69, 9.17) is 24.1 Å². The van der Waals surface area contributed by atoms with Gasteiger partial charge in [-0.3, -0.25) is 9.78 Å². The quantitative estimate of drug-likeness (QED) is 0.475. The fourth-order valence-electron chi connectivity index (χ4n) is 3.39. The lowest BCUT2D eigenvalue weighted by atomic mass is 10.0. The van der Waals surface area contributed by atoms with Crippen LogP contribution in [0, 0.1) is 0 Å². The number of nitrogens with zero attached hydrogens (tertiary/aromatic N) is 1. The molecule has 3 aromatic rings. The Kier molecular flexibility index (Phi) is 7.34. The number of hydrogen-bond acceptors (Lipinski definition) is 7. The van der Waals surface area contributed by atoms with Crippen LogP contribution in [-0.4, -0.2) is 50.4 Å². The maximum Gasteiger partial charge on any atom is 0.328 e. The lowest BCUT2D eigenvalue weighted by molar-refractivity contribution is -0.131. The number of aliphatic carboxylic acids is 1. The second-order valence-corrected chi connectivity index (χ2v) is 6.89. The monoisotopic (exact) mass is 452 g/mol. The molecular formula is C24H24N2O7. The van der Waals surface area contributed by atoms with Crippen LogP contribution >= 0.6 is 0 Å². The maximum absolute atomic E-state index is 12.3. The van der Waals surface area contributed by atoms with Gasteiger partial charge in [-0.15, -0.1) is 0 Å². The number of fused-ring (bicyclic) bond motifs is 1. The summed E-state index contributed by atoms with van der Waals surface area (Å²) in [5.41, 5.74) is 1.86. The minimum Gasteiger partial charge on any atom is -0.493 e. The van der Waals surface area contributed by atoms with E-state index >= 15 is 0 Å². The third-order valence-corrected chi connectivity index (χ3v) is 4.95. The zero-order chi connectivity index (χ0) is 24.0. The summed E-state index contributed by atoms with van der Waals surface area (Å²) in [6.07, 6.45) is 3.74. The zero-order valence-electron chi connectivity index (χ0n) is 18.7. The number of pyridine rings is 1. The third-order valence-electron chi connectivity index (χ3n) is 4.95. The second kappa shape index (κ2) is 10.4. The number of anilines is 1. The van der Waals surface area contributed by atoms with E-state index < -0.39 is 11.9 Å². The number of carboxylic acids is 1. The SMILES string of the molecule is COc1cc(Cc2nccc3cc(OC)c(OC)cc23)c(NC(=O)/C=C/C(=O)O)cc1OC. The summed E-state index contributed by atoms with van der Waals surface area (Å²) in [5, 5.41) is 13.2. The highest BCUT2D eigenvalue weighted by Gasteiger charge is 2.16. The van der Waals surface area contributed by atoms with E-state index in [9.17, 15) is 9.59 Å².